The van der Waals surface area contributed by atoms with Crippen LogP contribution in [0.15, 0.2) is 47.4 Å². The van der Waals surface area contributed by atoms with Crippen molar-refractivity contribution in [1.29, 1.82) is 0 Å². The number of nitrogens with one attached hydrogen (secondary N) is 1. The molecule has 0 spiro atoms. The number of hydrogen-bond donors (Lipinski definition) is 2. The van der Waals surface area contributed by atoms with Crippen LogP contribution in [-0.2, 0) is 10.0 Å². The van der Waals surface area contributed by atoms with E-state index in [2.05, 4.69) is 4.72 Å². The van der Waals surface area contributed by atoms with Crippen LogP contribution >= 0.6 is 12.2 Å². The monoisotopic (exact) mass is 328 g/mol. The number of sulfonamides is 1. The Hall–Kier alpha value is -2.06. The topological polar surface area (TPSA) is 72.2 Å². The maximum atomic E-state index is 13.7. The summed E-state index contributed by atoms with van der Waals surface area (Å²) in [6.45, 7) is 0. The van der Waals surface area contributed by atoms with Gasteiger partial charge in [-0.3, -0.25) is 4.72 Å². The molecule has 0 aliphatic carbocycles. The third kappa shape index (κ3) is 3.34. The molecule has 0 amide bonds. The highest BCUT2D eigenvalue weighted by atomic mass is 32.2. The molecule has 0 saturated carbocycles. The van der Waals surface area contributed by atoms with Gasteiger partial charge >= 0.3 is 0 Å². The first-order valence-electron chi connectivity index (χ1n) is 5.68. The lowest BCUT2D eigenvalue weighted by molar-refractivity contribution is 0.599. The molecule has 0 saturated heterocycles. The zero-order valence-corrected chi connectivity index (χ0v) is 12.1. The standard InChI is InChI=1S/C13H10F2N2O2S2/c14-8-4-6-9(7-5-8)21(18,19)17-11-3-1-2-10(15)12(11)13(16)20/h1-7,17H,(H2,16,20). The van der Waals surface area contributed by atoms with Gasteiger partial charge in [-0.2, -0.15) is 0 Å². The number of rotatable bonds is 4. The van der Waals surface area contributed by atoms with E-state index in [1.54, 1.807) is 0 Å². The van der Waals surface area contributed by atoms with Gasteiger partial charge in [-0.05, 0) is 36.4 Å². The van der Waals surface area contributed by atoms with Crippen LogP contribution in [0.4, 0.5) is 14.5 Å². The van der Waals surface area contributed by atoms with Crippen molar-refractivity contribution >= 4 is 32.9 Å². The fourth-order valence-corrected chi connectivity index (χ4v) is 2.96. The second kappa shape index (κ2) is 5.74. The average Bonchev–Trinajstić information content (AvgIpc) is 2.38. The van der Waals surface area contributed by atoms with Crippen molar-refractivity contribution in [3.05, 3.63) is 59.7 Å². The van der Waals surface area contributed by atoms with Gasteiger partial charge in [0.15, 0.2) is 0 Å². The Kier molecular flexibility index (Phi) is 4.19. The van der Waals surface area contributed by atoms with Crippen molar-refractivity contribution in [3.63, 3.8) is 0 Å². The highest BCUT2D eigenvalue weighted by molar-refractivity contribution is 7.92. The fourth-order valence-electron chi connectivity index (χ4n) is 1.68. The van der Waals surface area contributed by atoms with Crippen molar-refractivity contribution in [3.8, 4) is 0 Å². The first kappa shape index (κ1) is 15.3. The van der Waals surface area contributed by atoms with Crippen molar-refractivity contribution in [2.24, 2.45) is 5.73 Å². The van der Waals surface area contributed by atoms with E-state index in [9.17, 15) is 17.2 Å². The molecule has 0 bridgehead atoms. The predicted octanol–water partition coefficient (Wildman–Crippen LogP) is 2.40. The smallest absolute Gasteiger partial charge is 0.261 e. The van der Waals surface area contributed by atoms with Gasteiger partial charge in [0.05, 0.1) is 16.1 Å². The molecule has 2 aromatic carbocycles. The zero-order valence-electron chi connectivity index (χ0n) is 10.5. The van der Waals surface area contributed by atoms with E-state index < -0.39 is 21.7 Å². The summed E-state index contributed by atoms with van der Waals surface area (Å²) >= 11 is 4.71. The number of halogens is 2. The molecule has 2 rings (SSSR count). The predicted molar refractivity (Wildman–Crippen MR) is 79.5 cm³/mol. The Labute approximate surface area is 125 Å². The molecular formula is C13H10F2N2O2S2. The summed E-state index contributed by atoms with van der Waals surface area (Å²) in [5.74, 6) is -1.30. The van der Waals surface area contributed by atoms with Gasteiger partial charge < -0.3 is 5.73 Å². The van der Waals surface area contributed by atoms with Crippen LogP contribution in [0.25, 0.3) is 0 Å². The first-order valence-corrected chi connectivity index (χ1v) is 7.57. The molecule has 2 aromatic rings. The normalized spacial score (nSPS) is 11.1. The van der Waals surface area contributed by atoms with E-state index >= 15 is 0 Å². The number of nitrogens with two attached hydrogens (primary N) is 1. The number of thiocarbonyl (C=S) groups is 1. The van der Waals surface area contributed by atoms with E-state index in [-0.39, 0.29) is 21.1 Å². The summed E-state index contributed by atoms with van der Waals surface area (Å²) in [6, 6.07) is 7.97. The minimum atomic E-state index is -4.00. The van der Waals surface area contributed by atoms with Gasteiger partial charge in [-0.15, -0.1) is 0 Å². The fraction of sp³-hybridized carbons (Fsp3) is 0. The maximum Gasteiger partial charge on any atom is 0.261 e. The molecule has 110 valence electrons. The lowest BCUT2D eigenvalue weighted by Crippen LogP contribution is -2.19. The van der Waals surface area contributed by atoms with E-state index in [4.69, 9.17) is 18.0 Å². The zero-order chi connectivity index (χ0) is 15.6. The van der Waals surface area contributed by atoms with Crippen LogP contribution in [0.5, 0.6) is 0 Å². The van der Waals surface area contributed by atoms with Gasteiger partial charge in [0, 0.05) is 0 Å². The average molecular weight is 328 g/mol. The molecule has 0 radical (unpaired) electrons. The van der Waals surface area contributed by atoms with Crippen LogP contribution < -0.4 is 10.5 Å². The van der Waals surface area contributed by atoms with Gasteiger partial charge in [0.1, 0.15) is 16.6 Å². The van der Waals surface area contributed by atoms with Crippen molar-refractivity contribution in [1.82, 2.24) is 0 Å². The Morgan fingerprint density at radius 1 is 1.10 bits per heavy atom. The van der Waals surface area contributed by atoms with Gasteiger partial charge in [0.25, 0.3) is 10.0 Å². The molecule has 0 heterocycles. The lowest BCUT2D eigenvalue weighted by Gasteiger charge is -2.12. The second-order valence-electron chi connectivity index (χ2n) is 4.09. The van der Waals surface area contributed by atoms with Crippen molar-refractivity contribution in [2.75, 3.05) is 4.72 Å². The highest BCUT2D eigenvalue weighted by Crippen LogP contribution is 2.22. The summed E-state index contributed by atoms with van der Waals surface area (Å²) in [7, 11) is -4.00. The minimum Gasteiger partial charge on any atom is -0.389 e. The number of anilines is 1. The van der Waals surface area contributed by atoms with Crippen LogP contribution in [0.1, 0.15) is 5.56 Å². The number of benzene rings is 2. The SMILES string of the molecule is NC(=S)c1c(F)cccc1NS(=O)(=O)c1ccc(F)cc1. The molecule has 0 aromatic heterocycles. The third-order valence-corrected chi connectivity index (χ3v) is 4.21. The van der Waals surface area contributed by atoms with Crippen LogP contribution in [0, 0.1) is 11.6 Å². The van der Waals surface area contributed by atoms with Gasteiger partial charge in [-0.1, -0.05) is 18.3 Å². The maximum absolute atomic E-state index is 13.7. The Bertz CT molecular complexity index is 790. The van der Waals surface area contributed by atoms with Crippen LogP contribution in [0.2, 0.25) is 0 Å². The summed E-state index contributed by atoms with van der Waals surface area (Å²) in [6.07, 6.45) is 0. The molecule has 21 heavy (non-hydrogen) atoms. The lowest BCUT2D eigenvalue weighted by atomic mass is 10.2. The molecule has 0 aliphatic heterocycles. The van der Waals surface area contributed by atoms with Crippen molar-refractivity contribution < 1.29 is 17.2 Å². The van der Waals surface area contributed by atoms with E-state index in [1.165, 1.54) is 12.1 Å². The minimum absolute atomic E-state index is 0.0770. The van der Waals surface area contributed by atoms with E-state index in [1.807, 2.05) is 0 Å². The summed E-state index contributed by atoms with van der Waals surface area (Å²) in [5.41, 5.74) is 5.13. The quantitative estimate of drug-likeness (QED) is 0.846. The van der Waals surface area contributed by atoms with E-state index in [0.717, 1.165) is 30.3 Å². The summed E-state index contributed by atoms with van der Waals surface area (Å²) in [4.78, 5) is -0.438. The summed E-state index contributed by atoms with van der Waals surface area (Å²) < 4.78 is 53.0. The first-order chi connectivity index (χ1) is 9.81. The Morgan fingerprint density at radius 3 is 2.29 bits per heavy atom. The van der Waals surface area contributed by atoms with Crippen LogP contribution in [-0.4, -0.2) is 13.4 Å². The van der Waals surface area contributed by atoms with Gasteiger partial charge in [0.2, 0.25) is 0 Å². The Morgan fingerprint density at radius 2 is 1.71 bits per heavy atom. The molecule has 8 heteroatoms. The van der Waals surface area contributed by atoms with Crippen LogP contribution in [0.3, 0.4) is 0 Å². The third-order valence-electron chi connectivity index (χ3n) is 2.63. The largest absolute Gasteiger partial charge is 0.389 e. The molecule has 4 nitrogen and oxygen atoms in total. The van der Waals surface area contributed by atoms with Gasteiger partial charge in [-0.25, -0.2) is 17.2 Å². The highest BCUT2D eigenvalue weighted by Gasteiger charge is 2.18. The molecule has 0 fully saturated rings. The van der Waals surface area contributed by atoms with E-state index in [0.29, 0.717) is 0 Å². The number of hydrogen-bond acceptors (Lipinski definition) is 3. The van der Waals surface area contributed by atoms with Crippen molar-refractivity contribution in [2.45, 2.75) is 4.90 Å². The Balaban J connectivity index is 2.44. The second-order valence-corrected chi connectivity index (χ2v) is 6.21. The summed E-state index contributed by atoms with van der Waals surface area (Å²) in [5, 5.41) is 0. The molecule has 0 unspecified atom stereocenters. The molecular weight excluding hydrogens is 318 g/mol. The molecule has 3 N–H and O–H groups in total. The molecule has 0 atom stereocenters. The molecule has 0 aliphatic rings.